The molecule has 0 saturated carbocycles. The van der Waals surface area contributed by atoms with Gasteiger partial charge < -0.3 is 9.84 Å². The second-order valence-corrected chi connectivity index (χ2v) is 8.25. The molecule has 2 radical (unpaired) electrons. The third kappa shape index (κ3) is 20.1. The molecular formula is C18H34Na2O7S. The van der Waals surface area contributed by atoms with Crippen molar-refractivity contribution in [2.75, 3.05) is 6.61 Å². The summed E-state index contributed by atoms with van der Waals surface area (Å²) < 4.78 is 35.3. The minimum Gasteiger partial charge on any atom is -0.480 e. The molecule has 0 aliphatic rings. The van der Waals surface area contributed by atoms with Gasteiger partial charge in [0.05, 0.1) is 13.0 Å². The molecule has 0 rings (SSSR count). The van der Waals surface area contributed by atoms with Gasteiger partial charge in [0.25, 0.3) is 10.1 Å². The predicted molar refractivity (Wildman–Crippen MR) is 111 cm³/mol. The summed E-state index contributed by atoms with van der Waals surface area (Å²) in [5.41, 5.74) is 0. The Balaban J connectivity index is -0.00000312. The molecule has 0 aliphatic heterocycles. The third-order valence-corrected chi connectivity index (χ3v) is 5.34. The maximum Gasteiger partial charge on any atom is 0.325 e. The summed E-state index contributed by atoms with van der Waals surface area (Å²) in [5.74, 6) is -2.70. The first-order chi connectivity index (χ1) is 12.3. The Labute approximate surface area is 214 Å². The summed E-state index contributed by atoms with van der Waals surface area (Å²) in [4.78, 5) is 22.2. The molecule has 0 saturated heterocycles. The number of rotatable bonds is 17. The van der Waals surface area contributed by atoms with Gasteiger partial charge in [-0.2, -0.15) is 8.42 Å². The van der Waals surface area contributed by atoms with E-state index >= 15 is 0 Å². The summed E-state index contributed by atoms with van der Waals surface area (Å²) in [6.45, 7) is 2.35. The van der Waals surface area contributed by atoms with Gasteiger partial charge in [-0.15, -0.1) is 0 Å². The van der Waals surface area contributed by atoms with E-state index in [9.17, 15) is 18.0 Å². The van der Waals surface area contributed by atoms with E-state index in [-0.39, 0.29) is 65.7 Å². The number of carboxylic acid groups (broad SMARTS) is 1. The average molecular weight is 441 g/mol. The molecular weight excluding hydrogens is 406 g/mol. The Morgan fingerprint density at radius 2 is 1.21 bits per heavy atom. The zero-order chi connectivity index (χ0) is 19.8. The van der Waals surface area contributed by atoms with Gasteiger partial charge in [0, 0.05) is 59.1 Å². The quantitative estimate of drug-likeness (QED) is 0.154. The SMILES string of the molecule is CCCCCCCCCCCCCCOC(=O)CC(C(=O)O)S(=O)(=O)O.[Na].[Na]. The number of hydrogen-bond acceptors (Lipinski definition) is 5. The van der Waals surface area contributed by atoms with Gasteiger partial charge in [0.15, 0.2) is 5.25 Å². The molecule has 0 aromatic rings. The van der Waals surface area contributed by atoms with E-state index in [1.54, 1.807) is 0 Å². The van der Waals surface area contributed by atoms with Crippen LogP contribution in [0.2, 0.25) is 0 Å². The standard InChI is InChI=1S/C18H34O7S.2Na/c1-2-3-4-5-6-7-8-9-10-11-12-13-14-25-17(19)15-16(18(20)21)26(22,23)24;;/h16H,2-15H2,1H3,(H,20,21)(H,22,23,24);;. The summed E-state index contributed by atoms with van der Waals surface area (Å²) in [6, 6.07) is 0. The van der Waals surface area contributed by atoms with E-state index in [4.69, 9.17) is 14.4 Å². The van der Waals surface area contributed by atoms with E-state index in [0.29, 0.717) is 6.42 Å². The zero-order valence-electron chi connectivity index (χ0n) is 17.8. The van der Waals surface area contributed by atoms with Crippen LogP contribution in [0.3, 0.4) is 0 Å². The molecule has 2 N–H and O–H groups in total. The van der Waals surface area contributed by atoms with Gasteiger partial charge in [-0.25, -0.2) is 0 Å². The van der Waals surface area contributed by atoms with Crippen LogP contribution < -0.4 is 0 Å². The van der Waals surface area contributed by atoms with E-state index in [2.05, 4.69) is 6.92 Å². The van der Waals surface area contributed by atoms with Gasteiger partial charge in [0.1, 0.15) is 0 Å². The van der Waals surface area contributed by atoms with Gasteiger partial charge >= 0.3 is 11.9 Å². The molecule has 0 spiro atoms. The van der Waals surface area contributed by atoms with E-state index in [1.807, 2.05) is 0 Å². The van der Waals surface area contributed by atoms with Crippen molar-refractivity contribution in [3.63, 3.8) is 0 Å². The van der Waals surface area contributed by atoms with Crippen molar-refractivity contribution in [2.24, 2.45) is 0 Å². The average Bonchev–Trinajstić information content (AvgIpc) is 2.55. The van der Waals surface area contributed by atoms with Crippen molar-refractivity contribution in [1.82, 2.24) is 0 Å². The first-order valence-electron chi connectivity index (χ1n) is 9.63. The minimum atomic E-state index is -4.82. The zero-order valence-corrected chi connectivity index (χ0v) is 22.6. The molecule has 0 aromatic heterocycles. The van der Waals surface area contributed by atoms with E-state index < -0.39 is 33.7 Å². The fourth-order valence-electron chi connectivity index (χ4n) is 2.66. The summed E-state index contributed by atoms with van der Waals surface area (Å²) in [7, 11) is -4.82. The fraction of sp³-hybridized carbons (Fsp3) is 0.889. The van der Waals surface area contributed by atoms with Crippen LogP contribution in [-0.4, -0.2) is 101 Å². The Hall–Kier alpha value is 0.850. The van der Waals surface area contributed by atoms with Gasteiger partial charge in [-0.05, 0) is 6.42 Å². The molecule has 1 unspecified atom stereocenters. The molecule has 0 fully saturated rings. The van der Waals surface area contributed by atoms with Crippen LogP contribution in [0.1, 0.15) is 90.4 Å². The van der Waals surface area contributed by atoms with Crippen LogP contribution in [0.4, 0.5) is 0 Å². The number of carbonyl (C=O) groups excluding carboxylic acids is 1. The molecule has 0 amide bonds. The molecule has 0 heterocycles. The second kappa shape index (κ2) is 21.1. The molecule has 28 heavy (non-hydrogen) atoms. The number of unbranched alkanes of at least 4 members (excludes halogenated alkanes) is 11. The van der Waals surface area contributed by atoms with Crippen molar-refractivity contribution in [1.29, 1.82) is 0 Å². The van der Waals surface area contributed by atoms with Crippen LogP contribution in [-0.2, 0) is 24.4 Å². The van der Waals surface area contributed by atoms with E-state index in [1.165, 1.54) is 51.4 Å². The van der Waals surface area contributed by atoms with Gasteiger partial charge in [0.2, 0.25) is 0 Å². The Morgan fingerprint density at radius 3 is 1.57 bits per heavy atom. The number of aliphatic carboxylic acids is 1. The van der Waals surface area contributed by atoms with Crippen LogP contribution in [0.25, 0.3) is 0 Å². The van der Waals surface area contributed by atoms with Crippen LogP contribution in [0.15, 0.2) is 0 Å². The molecule has 0 aliphatic carbocycles. The largest absolute Gasteiger partial charge is 0.480 e. The molecule has 7 nitrogen and oxygen atoms in total. The summed E-state index contributed by atoms with van der Waals surface area (Å²) in [5, 5.41) is 6.53. The maximum absolute atomic E-state index is 11.4. The van der Waals surface area contributed by atoms with Crippen LogP contribution >= 0.6 is 0 Å². The Bertz CT molecular complexity index is 498. The molecule has 0 aromatic carbocycles. The van der Waals surface area contributed by atoms with Gasteiger partial charge in [-0.1, -0.05) is 77.6 Å². The molecule has 156 valence electrons. The van der Waals surface area contributed by atoms with E-state index in [0.717, 1.165) is 19.3 Å². The second-order valence-electron chi connectivity index (χ2n) is 6.66. The number of ether oxygens (including phenoxy) is 1. The minimum absolute atomic E-state index is 0. The van der Waals surface area contributed by atoms with Crippen molar-refractivity contribution < 1.29 is 32.4 Å². The monoisotopic (exact) mass is 440 g/mol. The van der Waals surface area contributed by atoms with Gasteiger partial charge in [-0.3, -0.25) is 14.1 Å². The predicted octanol–water partition coefficient (Wildman–Crippen LogP) is 3.20. The number of carbonyl (C=O) groups is 2. The maximum atomic E-state index is 11.4. The normalized spacial score (nSPS) is 11.8. The third-order valence-electron chi connectivity index (χ3n) is 4.25. The smallest absolute Gasteiger partial charge is 0.325 e. The molecule has 1 atom stereocenters. The van der Waals surface area contributed by atoms with Crippen molar-refractivity contribution in [3.8, 4) is 0 Å². The van der Waals surface area contributed by atoms with Crippen molar-refractivity contribution in [2.45, 2.75) is 95.6 Å². The topological polar surface area (TPSA) is 118 Å². The fourth-order valence-corrected chi connectivity index (χ4v) is 3.26. The van der Waals surface area contributed by atoms with Crippen LogP contribution in [0, 0.1) is 0 Å². The van der Waals surface area contributed by atoms with Crippen molar-refractivity contribution >= 4 is 81.2 Å². The number of carboxylic acids is 1. The van der Waals surface area contributed by atoms with Crippen molar-refractivity contribution in [3.05, 3.63) is 0 Å². The summed E-state index contributed by atoms with van der Waals surface area (Å²) in [6.07, 6.45) is 13.2. The number of hydrogen-bond donors (Lipinski definition) is 2. The molecule has 0 bridgehead atoms. The number of esters is 1. The Morgan fingerprint density at radius 1 is 0.821 bits per heavy atom. The first kappa shape index (κ1) is 33.5. The summed E-state index contributed by atoms with van der Waals surface area (Å²) >= 11 is 0. The van der Waals surface area contributed by atoms with Crippen LogP contribution in [0.5, 0.6) is 0 Å². The Kier molecular flexibility index (Phi) is 25.2. The first-order valence-corrected chi connectivity index (χ1v) is 11.1. The molecule has 10 heteroatoms.